The molecule has 41 heavy (non-hydrogen) atoms. The minimum Gasteiger partial charge on any atom is -0.494 e. The zero-order chi connectivity index (χ0) is 29.4. The second-order valence-electron chi connectivity index (χ2n) is 11.0. The molecule has 0 saturated heterocycles. The lowest BCUT2D eigenvalue weighted by atomic mass is 9.92. The van der Waals surface area contributed by atoms with E-state index in [1.54, 1.807) is 19.1 Å². The second-order valence-corrected chi connectivity index (χ2v) is 11.0. The van der Waals surface area contributed by atoms with Crippen molar-refractivity contribution >= 4 is 17.5 Å². The molecule has 0 heterocycles. The molecule has 3 aromatic carbocycles. The number of rotatable bonds is 14. The maximum absolute atomic E-state index is 13.6. The van der Waals surface area contributed by atoms with Crippen molar-refractivity contribution in [2.24, 2.45) is 23.5 Å². The van der Waals surface area contributed by atoms with Gasteiger partial charge in [0.2, 0.25) is 5.91 Å². The van der Waals surface area contributed by atoms with Crippen molar-refractivity contribution in [3.8, 4) is 11.5 Å². The molecule has 0 aliphatic heterocycles. The normalized spacial score (nSPS) is 18.1. The third kappa shape index (κ3) is 9.05. The number of benzene rings is 3. The first-order valence-electron chi connectivity index (χ1n) is 14.3. The fraction of sp³-hybridized carbons (Fsp3) is 0.394. The number of hydrogen-bond acceptors (Lipinski definition) is 5. The summed E-state index contributed by atoms with van der Waals surface area (Å²) in [6.07, 6.45) is 1.98. The van der Waals surface area contributed by atoms with Gasteiger partial charge in [-0.05, 0) is 80.0 Å². The predicted molar refractivity (Wildman–Crippen MR) is 159 cm³/mol. The first kappa shape index (κ1) is 30.1. The molecule has 4 rings (SSSR count). The Morgan fingerprint density at radius 1 is 1.02 bits per heavy atom. The average Bonchev–Trinajstić information content (AvgIpc) is 3.68. The van der Waals surface area contributed by atoms with Crippen LogP contribution in [0.3, 0.4) is 0 Å². The van der Waals surface area contributed by atoms with Crippen LogP contribution < -0.4 is 25.8 Å². The molecule has 0 radical (unpaired) electrons. The Balaban J connectivity index is 1.47. The van der Waals surface area contributed by atoms with Gasteiger partial charge >= 0.3 is 0 Å². The number of anilines is 1. The number of amides is 2. The lowest BCUT2D eigenvalue weighted by molar-refractivity contribution is -0.119. The van der Waals surface area contributed by atoms with Crippen LogP contribution in [0.5, 0.6) is 11.5 Å². The molecule has 0 aromatic heterocycles. The van der Waals surface area contributed by atoms with E-state index in [4.69, 9.17) is 15.2 Å². The fourth-order valence-electron chi connectivity index (χ4n) is 4.78. The molecule has 1 aliphatic carbocycles. The maximum Gasteiger partial charge on any atom is 0.251 e. The highest BCUT2D eigenvalue weighted by Crippen LogP contribution is 2.38. The third-order valence-corrected chi connectivity index (χ3v) is 7.51. The second kappa shape index (κ2) is 14.1. The smallest absolute Gasteiger partial charge is 0.251 e. The number of ether oxygens (including phenoxy) is 2. The first-order valence-corrected chi connectivity index (χ1v) is 14.3. The molecule has 1 saturated carbocycles. The van der Waals surface area contributed by atoms with Crippen LogP contribution >= 0.6 is 0 Å². The minimum absolute atomic E-state index is 0.229. The van der Waals surface area contributed by atoms with Gasteiger partial charge in [0, 0.05) is 35.3 Å². The topological polar surface area (TPSA) is 103 Å². The van der Waals surface area contributed by atoms with Crippen molar-refractivity contribution < 1.29 is 23.5 Å². The van der Waals surface area contributed by atoms with Gasteiger partial charge in [0.1, 0.15) is 17.3 Å². The number of carbonyl (C=O) groups is 2. The molecule has 1 aliphatic rings. The summed E-state index contributed by atoms with van der Waals surface area (Å²) in [7, 11) is 0. The standard InChI is InChI=1S/C33H40FN3O4/c1-4-40-28-17-24(18-29(19-28)41-20-25-14-21(25)2)33(39)37-31(16-23-8-6-5-7-9-23)30(35)15-22(3)32(38)36-27-12-10-26(34)11-13-27/h5-13,17-19,21-22,25,30-31H,4,14-16,20,35H2,1-3H3,(H,36,38)(H,37,39)/t21?,22-,25?,30+,31+/m1/s1. The fourth-order valence-corrected chi connectivity index (χ4v) is 4.78. The molecule has 2 amide bonds. The predicted octanol–water partition coefficient (Wildman–Crippen LogP) is 5.59. The Hall–Kier alpha value is -3.91. The molecule has 218 valence electrons. The van der Waals surface area contributed by atoms with Crippen molar-refractivity contribution in [3.63, 3.8) is 0 Å². The summed E-state index contributed by atoms with van der Waals surface area (Å²) in [5, 5.41) is 5.92. The molecule has 2 unspecified atom stereocenters. The Kier molecular flexibility index (Phi) is 10.4. The van der Waals surface area contributed by atoms with Gasteiger partial charge in [-0.3, -0.25) is 9.59 Å². The molecule has 7 nitrogen and oxygen atoms in total. The Bertz CT molecular complexity index is 1300. The highest BCUT2D eigenvalue weighted by Gasteiger charge is 2.33. The third-order valence-electron chi connectivity index (χ3n) is 7.51. The molecule has 3 aromatic rings. The van der Waals surface area contributed by atoms with Crippen LogP contribution in [-0.2, 0) is 11.2 Å². The molecule has 1 fully saturated rings. The zero-order valence-electron chi connectivity index (χ0n) is 23.9. The number of nitrogens with one attached hydrogen (secondary N) is 2. The van der Waals surface area contributed by atoms with Gasteiger partial charge < -0.3 is 25.8 Å². The van der Waals surface area contributed by atoms with Crippen LogP contribution in [0.4, 0.5) is 10.1 Å². The van der Waals surface area contributed by atoms with Crippen molar-refractivity contribution in [2.45, 2.75) is 52.1 Å². The Labute approximate surface area is 241 Å². The van der Waals surface area contributed by atoms with Gasteiger partial charge in [0.05, 0.1) is 13.2 Å². The van der Waals surface area contributed by atoms with E-state index in [9.17, 15) is 14.0 Å². The Morgan fingerprint density at radius 2 is 1.68 bits per heavy atom. The Morgan fingerprint density at radius 3 is 2.32 bits per heavy atom. The van der Waals surface area contributed by atoms with Crippen LogP contribution in [0.2, 0.25) is 0 Å². The zero-order valence-corrected chi connectivity index (χ0v) is 23.9. The van der Waals surface area contributed by atoms with E-state index in [1.807, 2.05) is 43.3 Å². The van der Waals surface area contributed by atoms with Crippen LogP contribution in [0, 0.1) is 23.6 Å². The minimum atomic E-state index is -0.518. The SMILES string of the molecule is CCOc1cc(OCC2CC2C)cc(C(=O)N[C@@H](Cc2ccccc2)[C@@H](N)C[C@@H](C)C(=O)Nc2ccc(F)cc2)c1. The summed E-state index contributed by atoms with van der Waals surface area (Å²) < 4.78 is 25.0. The van der Waals surface area contributed by atoms with E-state index >= 15 is 0 Å². The average molecular weight is 562 g/mol. The van der Waals surface area contributed by atoms with Gasteiger partial charge in [0.15, 0.2) is 0 Å². The van der Waals surface area contributed by atoms with Crippen molar-refractivity contribution in [2.75, 3.05) is 18.5 Å². The number of hydrogen-bond donors (Lipinski definition) is 3. The summed E-state index contributed by atoms with van der Waals surface area (Å²) in [6.45, 7) is 6.95. The maximum atomic E-state index is 13.6. The first-order chi connectivity index (χ1) is 19.7. The van der Waals surface area contributed by atoms with Gasteiger partial charge in [-0.2, -0.15) is 0 Å². The summed E-state index contributed by atoms with van der Waals surface area (Å²) in [5.74, 6) is 1.01. The van der Waals surface area contributed by atoms with Gasteiger partial charge in [-0.25, -0.2) is 4.39 Å². The van der Waals surface area contributed by atoms with Crippen molar-refractivity contribution in [3.05, 3.63) is 89.7 Å². The molecule has 0 bridgehead atoms. The molecule has 8 heteroatoms. The van der Waals surface area contributed by atoms with Gasteiger partial charge in [-0.1, -0.05) is 44.2 Å². The molecular weight excluding hydrogens is 521 g/mol. The van der Waals surface area contributed by atoms with Gasteiger partial charge in [0.25, 0.3) is 5.91 Å². The van der Waals surface area contributed by atoms with Crippen LogP contribution in [-0.4, -0.2) is 37.1 Å². The van der Waals surface area contributed by atoms with Crippen LogP contribution in [0.1, 0.15) is 49.5 Å². The van der Waals surface area contributed by atoms with E-state index in [0.717, 1.165) is 12.0 Å². The largest absolute Gasteiger partial charge is 0.494 e. The summed E-state index contributed by atoms with van der Waals surface area (Å²) >= 11 is 0. The lowest BCUT2D eigenvalue weighted by Crippen LogP contribution is -2.50. The molecule has 4 N–H and O–H groups in total. The van der Waals surface area contributed by atoms with Crippen molar-refractivity contribution in [1.29, 1.82) is 0 Å². The highest BCUT2D eigenvalue weighted by atomic mass is 19.1. The number of nitrogens with two attached hydrogens (primary N) is 1. The lowest BCUT2D eigenvalue weighted by Gasteiger charge is -2.27. The van der Waals surface area contributed by atoms with Crippen molar-refractivity contribution in [1.82, 2.24) is 5.32 Å². The van der Waals surface area contributed by atoms with E-state index in [0.29, 0.717) is 60.6 Å². The van der Waals surface area contributed by atoms with E-state index in [-0.39, 0.29) is 17.6 Å². The van der Waals surface area contributed by atoms with E-state index in [1.165, 1.54) is 24.3 Å². The monoisotopic (exact) mass is 561 g/mol. The quantitative estimate of drug-likeness (QED) is 0.238. The van der Waals surface area contributed by atoms with Crippen LogP contribution in [0.25, 0.3) is 0 Å². The summed E-state index contributed by atoms with van der Waals surface area (Å²) in [4.78, 5) is 26.4. The highest BCUT2D eigenvalue weighted by molar-refractivity contribution is 5.95. The van der Waals surface area contributed by atoms with Gasteiger partial charge in [-0.15, -0.1) is 0 Å². The molecule has 5 atom stereocenters. The van der Waals surface area contributed by atoms with Crippen LogP contribution in [0.15, 0.2) is 72.8 Å². The molecule has 0 spiro atoms. The summed E-state index contributed by atoms with van der Waals surface area (Å²) in [6, 6.07) is 19.7. The summed E-state index contributed by atoms with van der Waals surface area (Å²) in [5.41, 5.74) is 8.60. The number of carbonyl (C=O) groups excluding carboxylic acids is 2. The van der Waals surface area contributed by atoms with E-state index < -0.39 is 18.0 Å². The number of halogens is 1. The van der Waals surface area contributed by atoms with E-state index in [2.05, 4.69) is 17.6 Å². The molecular formula is C33H40FN3O4.